The fourth-order valence-electron chi connectivity index (χ4n) is 11.1. The molecule has 0 spiro atoms. The summed E-state index contributed by atoms with van der Waals surface area (Å²) in [6, 6.07) is 0. The summed E-state index contributed by atoms with van der Waals surface area (Å²) in [5.74, 6) is -3.34. The summed E-state index contributed by atoms with van der Waals surface area (Å²) in [6.45, 7) is 14.7. The topological polar surface area (TPSA) is 217 Å². The number of hydrogen-bond donors (Lipinski definition) is 6. The van der Waals surface area contributed by atoms with E-state index < -0.39 is 106 Å². The summed E-state index contributed by atoms with van der Waals surface area (Å²) in [5, 5.41) is 65.2. The van der Waals surface area contributed by atoms with Gasteiger partial charge in [-0.05, 0) is 83.0 Å². The van der Waals surface area contributed by atoms with Crippen molar-refractivity contribution in [1.82, 2.24) is 0 Å². The summed E-state index contributed by atoms with van der Waals surface area (Å²) in [5.41, 5.74) is -6.16. The van der Waals surface area contributed by atoms with Crippen LogP contribution >= 0.6 is 0 Å². The third-order valence-corrected chi connectivity index (χ3v) is 14.1. The van der Waals surface area contributed by atoms with Gasteiger partial charge in [-0.2, -0.15) is 0 Å². The first-order valence-corrected chi connectivity index (χ1v) is 18.2. The maximum absolute atomic E-state index is 14.8. The Morgan fingerprint density at radius 2 is 1.61 bits per heavy atom. The number of allylic oxidation sites excluding steroid dienone is 2. The molecule has 13 nitrogen and oxygen atoms in total. The second-order valence-electron chi connectivity index (χ2n) is 17.9. The Kier molecular flexibility index (Phi) is 10.2. The van der Waals surface area contributed by atoms with Crippen molar-refractivity contribution in [2.45, 2.75) is 155 Å². The zero-order valence-corrected chi connectivity index (χ0v) is 31.3. The standard InChI is InChI=1S/C38H58O13/c1-18(40)51-33(2,3)13-12-25(42)38(9,48)30-22(49-32-29(46)28(45)27(44)23(17-39)50-32)15-35(6)24-11-10-19-20(14-21(41)31(47)34(19,4)5)37(24,8)26(43)16-36(30,35)7/h10,20-24,27-30,32,39,41,44-46,48H,11-17H2,1-9H3/t20-,21+,22-,23-,24+,27-,28+,29-,30+,32+,35+,36-,37+,38+/m1/s1. The molecule has 13 heteroatoms. The minimum absolute atomic E-state index is 0.0632. The van der Waals surface area contributed by atoms with Crippen molar-refractivity contribution in [2.24, 2.45) is 39.4 Å². The van der Waals surface area contributed by atoms with Crippen LogP contribution in [0.1, 0.15) is 101 Å². The second kappa shape index (κ2) is 13.0. The SMILES string of the molecule is CC(=O)OC(C)(C)CCC(=O)[C@](C)(O)[C@H]1[C@H](O[C@H]2O[C@H](CO)[C@@H](O)[C@H](O)[C@H]2O)C[C@@]2(C)[C@@H]3CC=C4[C@@H](C[C@H](O)C(=O)C4(C)C)[C@]3(C)C(=O)C[C@]12C. The molecule has 0 aromatic carbocycles. The van der Waals surface area contributed by atoms with Crippen molar-refractivity contribution >= 4 is 23.3 Å². The fraction of sp³-hybridized carbons (Fsp3) is 0.842. The zero-order valence-electron chi connectivity index (χ0n) is 31.3. The quantitative estimate of drug-likeness (QED) is 0.147. The van der Waals surface area contributed by atoms with Gasteiger partial charge in [-0.25, -0.2) is 0 Å². The number of rotatable bonds is 9. The maximum atomic E-state index is 14.8. The lowest BCUT2D eigenvalue weighted by atomic mass is 9.38. The van der Waals surface area contributed by atoms with Crippen LogP contribution in [0.25, 0.3) is 0 Å². The molecule has 0 amide bonds. The number of ketones is 3. The summed E-state index contributed by atoms with van der Waals surface area (Å²) in [4.78, 5) is 53.8. The molecule has 5 rings (SSSR count). The molecule has 288 valence electrons. The molecule has 0 aromatic rings. The molecule has 0 aromatic heterocycles. The highest BCUT2D eigenvalue weighted by atomic mass is 16.7. The molecule has 0 unspecified atom stereocenters. The largest absolute Gasteiger partial charge is 0.460 e. The Bertz CT molecular complexity index is 1460. The molecule has 4 aliphatic carbocycles. The highest BCUT2D eigenvalue weighted by molar-refractivity contribution is 5.95. The number of aliphatic hydroxyl groups excluding tert-OH is 5. The van der Waals surface area contributed by atoms with Crippen LogP contribution in [0, 0.1) is 39.4 Å². The Labute approximate surface area is 299 Å². The van der Waals surface area contributed by atoms with Gasteiger partial charge in [0, 0.05) is 36.5 Å². The van der Waals surface area contributed by atoms with Crippen LogP contribution < -0.4 is 0 Å². The van der Waals surface area contributed by atoms with E-state index in [-0.39, 0.29) is 49.6 Å². The van der Waals surface area contributed by atoms with Crippen molar-refractivity contribution in [3.8, 4) is 0 Å². The van der Waals surface area contributed by atoms with E-state index >= 15 is 0 Å². The molecule has 0 radical (unpaired) electrons. The number of Topliss-reactive ketones (excluding diaryl/α,β-unsaturated/α-hetero) is 3. The van der Waals surface area contributed by atoms with Crippen LogP contribution in [0.4, 0.5) is 0 Å². The first-order valence-electron chi connectivity index (χ1n) is 18.2. The van der Waals surface area contributed by atoms with Crippen LogP contribution in [-0.2, 0) is 33.4 Å². The molecule has 5 aliphatic rings. The van der Waals surface area contributed by atoms with E-state index in [4.69, 9.17) is 14.2 Å². The van der Waals surface area contributed by atoms with Gasteiger partial charge in [0.1, 0.15) is 47.5 Å². The molecule has 1 aliphatic heterocycles. The van der Waals surface area contributed by atoms with E-state index in [9.17, 15) is 49.8 Å². The number of carbonyl (C=O) groups is 4. The van der Waals surface area contributed by atoms with Crippen LogP contribution in [0.15, 0.2) is 11.6 Å². The van der Waals surface area contributed by atoms with Crippen LogP contribution in [0.5, 0.6) is 0 Å². The van der Waals surface area contributed by atoms with Crippen molar-refractivity contribution in [2.75, 3.05) is 6.61 Å². The third kappa shape index (κ3) is 6.07. The minimum Gasteiger partial charge on any atom is -0.460 e. The first kappa shape index (κ1) is 40.1. The smallest absolute Gasteiger partial charge is 0.303 e. The van der Waals surface area contributed by atoms with Crippen LogP contribution in [-0.4, -0.2) is 115 Å². The van der Waals surface area contributed by atoms with Gasteiger partial charge < -0.3 is 44.8 Å². The Balaban J connectivity index is 1.59. The summed E-state index contributed by atoms with van der Waals surface area (Å²) < 4.78 is 17.6. The molecule has 3 saturated carbocycles. The minimum atomic E-state index is -2.11. The van der Waals surface area contributed by atoms with Gasteiger partial charge in [0.2, 0.25) is 0 Å². The van der Waals surface area contributed by atoms with Crippen molar-refractivity contribution in [1.29, 1.82) is 0 Å². The number of ether oxygens (including phenoxy) is 3. The van der Waals surface area contributed by atoms with E-state index in [1.165, 1.54) is 13.8 Å². The molecule has 51 heavy (non-hydrogen) atoms. The van der Waals surface area contributed by atoms with Crippen LogP contribution in [0.2, 0.25) is 0 Å². The number of esters is 1. The predicted octanol–water partition coefficient (Wildman–Crippen LogP) is 1.55. The number of carbonyl (C=O) groups excluding carboxylic acids is 4. The Morgan fingerprint density at radius 3 is 2.20 bits per heavy atom. The van der Waals surface area contributed by atoms with Gasteiger partial charge in [0.05, 0.1) is 12.7 Å². The number of hydrogen-bond acceptors (Lipinski definition) is 13. The number of fused-ring (bicyclic) bond motifs is 5. The molecule has 0 bridgehead atoms. The van der Waals surface area contributed by atoms with Gasteiger partial charge in [-0.15, -0.1) is 0 Å². The maximum Gasteiger partial charge on any atom is 0.303 e. The molecule has 6 N–H and O–H groups in total. The zero-order chi connectivity index (χ0) is 38.4. The van der Waals surface area contributed by atoms with E-state index in [1.807, 2.05) is 26.8 Å². The van der Waals surface area contributed by atoms with E-state index in [1.54, 1.807) is 27.7 Å². The van der Waals surface area contributed by atoms with Gasteiger partial charge in [-0.3, -0.25) is 19.2 Å². The van der Waals surface area contributed by atoms with E-state index in [2.05, 4.69) is 0 Å². The van der Waals surface area contributed by atoms with E-state index in [0.717, 1.165) is 5.57 Å². The summed E-state index contributed by atoms with van der Waals surface area (Å²) in [7, 11) is 0. The predicted molar refractivity (Wildman–Crippen MR) is 180 cm³/mol. The van der Waals surface area contributed by atoms with Gasteiger partial charge in [0.25, 0.3) is 0 Å². The van der Waals surface area contributed by atoms with Gasteiger partial charge in [-0.1, -0.05) is 32.4 Å². The summed E-state index contributed by atoms with van der Waals surface area (Å²) in [6.07, 6.45) is -7.59. The van der Waals surface area contributed by atoms with E-state index in [0.29, 0.717) is 6.42 Å². The lowest BCUT2D eigenvalue weighted by Gasteiger charge is -2.64. The molecule has 1 saturated heterocycles. The highest BCUT2D eigenvalue weighted by Crippen LogP contribution is 2.74. The van der Waals surface area contributed by atoms with Crippen molar-refractivity contribution in [3.63, 3.8) is 0 Å². The Hall–Kier alpha value is -2.10. The average molecular weight is 723 g/mol. The number of aliphatic hydroxyl groups is 6. The molecule has 4 fully saturated rings. The first-order chi connectivity index (χ1) is 23.3. The van der Waals surface area contributed by atoms with Crippen LogP contribution in [0.3, 0.4) is 0 Å². The third-order valence-electron chi connectivity index (χ3n) is 14.1. The normalized spacial score (nSPS) is 44.8. The van der Waals surface area contributed by atoms with Gasteiger partial charge in [0.15, 0.2) is 17.9 Å². The summed E-state index contributed by atoms with van der Waals surface area (Å²) >= 11 is 0. The molecule has 14 atom stereocenters. The van der Waals surface area contributed by atoms with Crippen molar-refractivity contribution < 1.29 is 64.0 Å². The molecule has 1 heterocycles. The van der Waals surface area contributed by atoms with Crippen molar-refractivity contribution in [3.05, 3.63) is 11.6 Å². The molecular formula is C38H58O13. The second-order valence-corrected chi connectivity index (χ2v) is 17.9. The average Bonchev–Trinajstić information content (AvgIpc) is 3.25. The highest BCUT2D eigenvalue weighted by Gasteiger charge is 2.75. The lowest BCUT2D eigenvalue weighted by Crippen LogP contribution is -2.65. The monoisotopic (exact) mass is 722 g/mol. The lowest BCUT2D eigenvalue weighted by molar-refractivity contribution is -0.317. The Morgan fingerprint density at radius 1 is 0.980 bits per heavy atom. The fourth-order valence-corrected chi connectivity index (χ4v) is 11.1. The van der Waals surface area contributed by atoms with Gasteiger partial charge >= 0.3 is 5.97 Å². The molecular weight excluding hydrogens is 664 g/mol.